The molecule has 0 heterocycles. The minimum Gasteiger partial charge on any atom is -0.493 e. The van der Waals surface area contributed by atoms with Crippen LogP contribution >= 0.6 is 0 Å². The van der Waals surface area contributed by atoms with Crippen molar-refractivity contribution in [1.82, 2.24) is 0 Å². The van der Waals surface area contributed by atoms with Gasteiger partial charge in [0.1, 0.15) is 0 Å². The van der Waals surface area contributed by atoms with E-state index in [9.17, 15) is 10.4 Å². The van der Waals surface area contributed by atoms with Crippen molar-refractivity contribution in [3.63, 3.8) is 0 Å². The molecule has 1 N–H and O–H groups in total. The van der Waals surface area contributed by atoms with Gasteiger partial charge < -0.3 is 14.6 Å². The largest absolute Gasteiger partial charge is 0.493 e. The fraction of sp³-hybridized carbons (Fsp3) is 0.533. The van der Waals surface area contributed by atoms with E-state index in [2.05, 4.69) is 6.07 Å². The Bertz CT molecular complexity index is 487. The highest BCUT2D eigenvalue weighted by Gasteiger charge is 2.41. The number of benzene rings is 1. The van der Waals surface area contributed by atoms with E-state index < -0.39 is 11.5 Å². The molecule has 1 aliphatic carbocycles. The van der Waals surface area contributed by atoms with Gasteiger partial charge in [0.15, 0.2) is 11.5 Å². The Balaban J connectivity index is 2.34. The van der Waals surface area contributed by atoms with Crippen LogP contribution in [0, 0.1) is 16.7 Å². The van der Waals surface area contributed by atoms with Crippen molar-refractivity contribution >= 4 is 0 Å². The summed E-state index contributed by atoms with van der Waals surface area (Å²) in [5.74, 6) is 1.20. The Kier molecular flexibility index (Phi) is 3.96. The second-order valence-electron chi connectivity index (χ2n) is 4.99. The van der Waals surface area contributed by atoms with Crippen molar-refractivity contribution in [2.45, 2.75) is 31.8 Å². The fourth-order valence-corrected chi connectivity index (χ4v) is 2.79. The number of rotatable bonds is 4. The van der Waals surface area contributed by atoms with E-state index in [0.717, 1.165) is 25.7 Å². The normalized spacial score (nSPS) is 18.6. The Labute approximate surface area is 113 Å². The average molecular weight is 261 g/mol. The molecule has 2 rings (SSSR count). The van der Waals surface area contributed by atoms with Crippen LogP contribution in [0.4, 0.5) is 0 Å². The van der Waals surface area contributed by atoms with Crippen LogP contribution in [0.2, 0.25) is 0 Å². The molecule has 4 nitrogen and oxygen atoms in total. The lowest BCUT2D eigenvalue weighted by molar-refractivity contribution is 0.0668. The maximum atomic E-state index is 10.5. The zero-order valence-corrected chi connectivity index (χ0v) is 11.3. The SMILES string of the molecule is COc1ccc(C(O)C2(C#N)CCCC2)cc1OC. The number of aliphatic hydroxyl groups is 1. The molecule has 0 saturated heterocycles. The van der Waals surface area contributed by atoms with Gasteiger partial charge in [0.2, 0.25) is 0 Å². The van der Waals surface area contributed by atoms with Gasteiger partial charge in [0.05, 0.1) is 31.8 Å². The number of ether oxygens (including phenoxy) is 2. The van der Waals surface area contributed by atoms with E-state index in [-0.39, 0.29) is 0 Å². The predicted molar refractivity (Wildman–Crippen MR) is 71.0 cm³/mol. The topological polar surface area (TPSA) is 62.5 Å². The van der Waals surface area contributed by atoms with Crippen molar-refractivity contribution in [1.29, 1.82) is 5.26 Å². The number of hydrogen-bond donors (Lipinski definition) is 1. The highest BCUT2D eigenvalue weighted by molar-refractivity contribution is 5.44. The van der Waals surface area contributed by atoms with Gasteiger partial charge >= 0.3 is 0 Å². The minimum atomic E-state index is -0.778. The van der Waals surface area contributed by atoms with E-state index in [1.165, 1.54) is 0 Å². The van der Waals surface area contributed by atoms with Gasteiger partial charge in [-0.15, -0.1) is 0 Å². The van der Waals surface area contributed by atoms with Crippen molar-refractivity contribution in [3.05, 3.63) is 23.8 Å². The molecule has 4 heteroatoms. The third-order valence-corrected chi connectivity index (χ3v) is 3.97. The number of nitrogens with zero attached hydrogens (tertiary/aromatic N) is 1. The number of methoxy groups -OCH3 is 2. The summed E-state index contributed by atoms with van der Waals surface area (Å²) in [5, 5.41) is 19.9. The summed E-state index contributed by atoms with van der Waals surface area (Å²) in [4.78, 5) is 0. The number of hydrogen-bond acceptors (Lipinski definition) is 4. The summed E-state index contributed by atoms with van der Waals surface area (Å²) in [5.41, 5.74) is 0.0562. The van der Waals surface area contributed by atoms with E-state index in [0.29, 0.717) is 17.1 Å². The van der Waals surface area contributed by atoms with Gasteiger partial charge in [-0.3, -0.25) is 0 Å². The van der Waals surface area contributed by atoms with E-state index in [4.69, 9.17) is 9.47 Å². The first-order valence-electron chi connectivity index (χ1n) is 6.48. The number of nitriles is 1. The first kappa shape index (κ1) is 13.7. The van der Waals surface area contributed by atoms with Gasteiger partial charge in [-0.05, 0) is 30.5 Å². The molecule has 1 unspecified atom stereocenters. The van der Waals surface area contributed by atoms with E-state index in [1.807, 2.05) is 0 Å². The number of aliphatic hydroxyl groups excluding tert-OH is 1. The molecule has 1 aromatic carbocycles. The lowest BCUT2D eigenvalue weighted by Crippen LogP contribution is -2.24. The highest BCUT2D eigenvalue weighted by Crippen LogP contribution is 2.48. The van der Waals surface area contributed by atoms with Gasteiger partial charge in [0, 0.05) is 0 Å². The first-order chi connectivity index (χ1) is 9.16. The smallest absolute Gasteiger partial charge is 0.161 e. The van der Waals surface area contributed by atoms with Crippen LogP contribution < -0.4 is 9.47 Å². The quantitative estimate of drug-likeness (QED) is 0.905. The lowest BCUT2D eigenvalue weighted by Gasteiger charge is -2.27. The summed E-state index contributed by atoms with van der Waals surface area (Å²) >= 11 is 0. The third kappa shape index (κ3) is 2.39. The fourth-order valence-electron chi connectivity index (χ4n) is 2.79. The van der Waals surface area contributed by atoms with Crippen molar-refractivity contribution < 1.29 is 14.6 Å². The Morgan fingerprint density at radius 1 is 1.21 bits per heavy atom. The predicted octanol–water partition coefficient (Wildman–Crippen LogP) is 2.82. The second-order valence-corrected chi connectivity index (χ2v) is 4.99. The van der Waals surface area contributed by atoms with Crippen LogP contribution in [-0.2, 0) is 0 Å². The molecule has 0 bridgehead atoms. The summed E-state index contributed by atoms with van der Waals surface area (Å²) in [6.07, 6.45) is 2.72. The third-order valence-electron chi connectivity index (χ3n) is 3.97. The molecule has 19 heavy (non-hydrogen) atoms. The van der Waals surface area contributed by atoms with Gasteiger partial charge in [0.25, 0.3) is 0 Å². The van der Waals surface area contributed by atoms with Crippen LogP contribution in [0.25, 0.3) is 0 Å². The summed E-state index contributed by atoms with van der Waals surface area (Å²) in [6, 6.07) is 7.63. The molecule has 0 amide bonds. The highest BCUT2D eigenvalue weighted by atomic mass is 16.5. The Morgan fingerprint density at radius 3 is 2.37 bits per heavy atom. The van der Waals surface area contributed by atoms with Crippen LogP contribution in [0.3, 0.4) is 0 Å². The second kappa shape index (κ2) is 5.50. The van der Waals surface area contributed by atoms with E-state index >= 15 is 0 Å². The molecule has 1 atom stereocenters. The lowest BCUT2D eigenvalue weighted by atomic mass is 9.78. The van der Waals surface area contributed by atoms with Gasteiger partial charge in [-0.25, -0.2) is 0 Å². The minimum absolute atomic E-state index is 0.574. The summed E-state index contributed by atoms with van der Waals surface area (Å²) in [6.45, 7) is 0. The van der Waals surface area contributed by atoms with Crippen LogP contribution in [0.1, 0.15) is 37.4 Å². The molecular formula is C15H19NO3. The van der Waals surface area contributed by atoms with Crippen LogP contribution in [0.15, 0.2) is 18.2 Å². The molecule has 1 aliphatic rings. The molecular weight excluding hydrogens is 242 g/mol. The van der Waals surface area contributed by atoms with Crippen LogP contribution in [0.5, 0.6) is 11.5 Å². The monoisotopic (exact) mass is 261 g/mol. The first-order valence-corrected chi connectivity index (χ1v) is 6.48. The standard InChI is InChI=1S/C15H19NO3/c1-18-12-6-5-11(9-13(12)19-2)14(17)15(10-16)7-3-4-8-15/h5-6,9,14,17H,3-4,7-8H2,1-2H3. The molecule has 0 aliphatic heterocycles. The van der Waals surface area contributed by atoms with Crippen molar-refractivity contribution in [2.24, 2.45) is 5.41 Å². The maximum Gasteiger partial charge on any atom is 0.161 e. The van der Waals surface area contributed by atoms with Crippen molar-refractivity contribution in [3.8, 4) is 17.6 Å². The molecule has 1 fully saturated rings. The van der Waals surface area contributed by atoms with Crippen LogP contribution in [-0.4, -0.2) is 19.3 Å². The zero-order valence-electron chi connectivity index (χ0n) is 11.3. The molecule has 0 aromatic heterocycles. The van der Waals surface area contributed by atoms with Gasteiger partial charge in [-0.1, -0.05) is 18.9 Å². The average Bonchev–Trinajstić information content (AvgIpc) is 2.95. The maximum absolute atomic E-state index is 10.5. The molecule has 0 spiro atoms. The zero-order chi connectivity index (χ0) is 13.9. The summed E-state index contributed by atoms with van der Waals surface area (Å²) in [7, 11) is 3.13. The summed E-state index contributed by atoms with van der Waals surface area (Å²) < 4.78 is 10.4. The van der Waals surface area contributed by atoms with E-state index in [1.54, 1.807) is 32.4 Å². The molecule has 102 valence electrons. The van der Waals surface area contributed by atoms with Gasteiger partial charge in [-0.2, -0.15) is 5.26 Å². The van der Waals surface area contributed by atoms with Crippen molar-refractivity contribution in [2.75, 3.05) is 14.2 Å². The molecule has 1 aromatic rings. The molecule has 1 saturated carbocycles. The Hall–Kier alpha value is -1.73. The molecule has 0 radical (unpaired) electrons. The Morgan fingerprint density at radius 2 is 1.84 bits per heavy atom.